The zero-order valence-electron chi connectivity index (χ0n) is 13.1. The van der Waals surface area contributed by atoms with Gasteiger partial charge in [-0.15, -0.1) is 0 Å². The zero-order valence-corrected chi connectivity index (χ0v) is 13.9. The van der Waals surface area contributed by atoms with Crippen molar-refractivity contribution in [1.29, 1.82) is 0 Å². The van der Waals surface area contributed by atoms with Gasteiger partial charge in [-0.2, -0.15) is 5.10 Å². The van der Waals surface area contributed by atoms with Crippen molar-refractivity contribution in [1.82, 2.24) is 19.7 Å². The Balaban J connectivity index is 1.56. The molecule has 0 spiro atoms. The molecule has 0 bridgehead atoms. The number of H-pyrrole nitrogens is 1. The molecule has 1 aromatic carbocycles. The summed E-state index contributed by atoms with van der Waals surface area (Å²) in [4.78, 5) is 0. The topological polar surface area (TPSA) is 92.1 Å². The quantitative estimate of drug-likeness (QED) is 0.782. The van der Waals surface area contributed by atoms with E-state index in [1.807, 2.05) is 24.4 Å². The van der Waals surface area contributed by atoms with Crippen LogP contribution in [-0.4, -0.2) is 41.2 Å². The smallest absolute Gasteiger partial charge is 0.220 e. The van der Waals surface area contributed by atoms with Crippen LogP contribution in [0.3, 0.4) is 0 Å². The van der Waals surface area contributed by atoms with Crippen LogP contribution < -0.4 is 0 Å². The van der Waals surface area contributed by atoms with E-state index in [4.69, 9.17) is 4.52 Å². The summed E-state index contributed by atoms with van der Waals surface area (Å²) < 4.78 is 32.4. The van der Waals surface area contributed by atoms with Crippen LogP contribution in [0.15, 0.2) is 41.2 Å². The second-order valence-electron chi connectivity index (χ2n) is 6.11. The van der Waals surface area contributed by atoms with Crippen molar-refractivity contribution in [3.8, 4) is 0 Å². The molecule has 1 fully saturated rings. The molecule has 1 saturated heterocycles. The Morgan fingerprint density at radius 3 is 3.04 bits per heavy atom. The number of benzene rings is 1. The first-order valence-electron chi connectivity index (χ1n) is 7.93. The largest absolute Gasteiger partial charge is 0.356 e. The molecule has 126 valence electrons. The minimum absolute atomic E-state index is 0.137. The number of para-hydroxylation sites is 1. The lowest BCUT2D eigenvalue weighted by Gasteiger charge is -2.31. The third-order valence-electron chi connectivity index (χ3n) is 4.54. The van der Waals surface area contributed by atoms with Gasteiger partial charge in [-0.3, -0.25) is 5.10 Å². The second kappa shape index (κ2) is 6.03. The van der Waals surface area contributed by atoms with Crippen molar-refractivity contribution in [2.24, 2.45) is 0 Å². The van der Waals surface area contributed by atoms with E-state index in [0.717, 1.165) is 23.8 Å². The molecule has 7 nitrogen and oxygen atoms in total. The van der Waals surface area contributed by atoms with Gasteiger partial charge in [-0.25, -0.2) is 12.7 Å². The van der Waals surface area contributed by atoms with E-state index in [9.17, 15) is 8.42 Å². The summed E-state index contributed by atoms with van der Waals surface area (Å²) in [7, 11) is -3.44. The molecular formula is C16H18N4O3S. The van der Waals surface area contributed by atoms with Gasteiger partial charge in [0.1, 0.15) is 11.4 Å². The van der Waals surface area contributed by atoms with Gasteiger partial charge in [-0.1, -0.05) is 17.3 Å². The molecule has 3 heterocycles. The molecule has 1 unspecified atom stereocenters. The molecule has 1 N–H and O–H groups in total. The van der Waals surface area contributed by atoms with E-state index in [2.05, 4.69) is 15.4 Å². The maximum Gasteiger partial charge on any atom is 0.220 e. The highest BCUT2D eigenvalue weighted by atomic mass is 32.2. The van der Waals surface area contributed by atoms with Crippen LogP contribution in [0.2, 0.25) is 0 Å². The Bertz CT molecular complexity index is 933. The molecule has 1 aliphatic rings. The summed E-state index contributed by atoms with van der Waals surface area (Å²) in [6.07, 6.45) is 5.42. The lowest BCUT2D eigenvalue weighted by molar-refractivity contribution is 0.315. The molecule has 0 aliphatic carbocycles. The van der Waals surface area contributed by atoms with Crippen molar-refractivity contribution >= 4 is 21.0 Å². The summed E-state index contributed by atoms with van der Waals surface area (Å²) in [5, 5.41) is 11.5. The van der Waals surface area contributed by atoms with Crippen LogP contribution in [0.4, 0.5) is 0 Å². The SMILES string of the molecule is O=S(=O)(Cc1noc2ccccc12)N1CCCC(c2cn[nH]c2)C1. The van der Waals surface area contributed by atoms with Crippen LogP contribution >= 0.6 is 0 Å². The van der Waals surface area contributed by atoms with Crippen LogP contribution in [0.5, 0.6) is 0 Å². The third kappa shape index (κ3) is 2.83. The molecule has 8 heteroatoms. The molecule has 2 aromatic heterocycles. The lowest BCUT2D eigenvalue weighted by atomic mass is 9.94. The average molecular weight is 346 g/mol. The van der Waals surface area contributed by atoms with Gasteiger partial charge in [0.2, 0.25) is 10.0 Å². The van der Waals surface area contributed by atoms with Crippen LogP contribution in [0, 0.1) is 0 Å². The second-order valence-corrected chi connectivity index (χ2v) is 8.08. The van der Waals surface area contributed by atoms with Crippen molar-refractivity contribution in [3.63, 3.8) is 0 Å². The molecule has 1 atom stereocenters. The molecule has 0 saturated carbocycles. The maximum atomic E-state index is 12.8. The monoisotopic (exact) mass is 346 g/mol. The highest BCUT2D eigenvalue weighted by Crippen LogP contribution is 2.29. The summed E-state index contributed by atoms with van der Waals surface area (Å²) >= 11 is 0. The Morgan fingerprint density at radius 2 is 2.21 bits per heavy atom. The Hall–Kier alpha value is -2.19. The maximum absolute atomic E-state index is 12.8. The number of nitrogens with one attached hydrogen (secondary N) is 1. The average Bonchev–Trinajstić information content (AvgIpc) is 3.25. The van der Waals surface area contributed by atoms with E-state index in [1.165, 1.54) is 0 Å². The molecule has 4 rings (SSSR count). The minimum Gasteiger partial charge on any atom is -0.356 e. The van der Waals surface area contributed by atoms with E-state index in [0.29, 0.717) is 24.4 Å². The fourth-order valence-corrected chi connectivity index (χ4v) is 4.81. The van der Waals surface area contributed by atoms with Gasteiger partial charge in [0.25, 0.3) is 0 Å². The number of sulfonamides is 1. The fraction of sp³-hybridized carbons (Fsp3) is 0.375. The molecular weight excluding hydrogens is 328 g/mol. The predicted octanol–water partition coefficient (Wildman–Crippen LogP) is 2.26. The van der Waals surface area contributed by atoms with Crippen molar-refractivity contribution in [3.05, 3.63) is 47.9 Å². The standard InChI is InChI=1S/C16H18N4O3S/c21-24(22,11-15-14-5-1-2-6-16(14)23-19-15)20-7-3-4-12(10-20)13-8-17-18-9-13/h1-2,5-6,8-9,12H,3-4,7,10-11H2,(H,17,18). The van der Waals surface area contributed by atoms with E-state index >= 15 is 0 Å². The van der Waals surface area contributed by atoms with Crippen LogP contribution in [0.25, 0.3) is 11.0 Å². The first-order chi connectivity index (χ1) is 11.6. The van der Waals surface area contributed by atoms with Gasteiger partial charge >= 0.3 is 0 Å². The molecule has 1 aliphatic heterocycles. The Labute approximate surface area is 139 Å². The number of aromatic nitrogens is 3. The van der Waals surface area contributed by atoms with Gasteiger partial charge in [0, 0.05) is 30.6 Å². The number of fused-ring (bicyclic) bond motifs is 1. The highest BCUT2D eigenvalue weighted by Gasteiger charge is 2.31. The van der Waals surface area contributed by atoms with Crippen molar-refractivity contribution < 1.29 is 12.9 Å². The first-order valence-corrected chi connectivity index (χ1v) is 9.54. The van der Waals surface area contributed by atoms with E-state index in [1.54, 1.807) is 16.6 Å². The minimum atomic E-state index is -3.44. The van der Waals surface area contributed by atoms with Gasteiger partial charge in [-0.05, 0) is 30.5 Å². The number of aromatic amines is 1. The number of piperidine rings is 1. The third-order valence-corrected chi connectivity index (χ3v) is 6.30. The van der Waals surface area contributed by atoms with Crippen molar-refractivity contribution in [2.75, 3.05) is 13.1 Å². The van der Waals surface area contributed by atoms with Gasteiger partial charge in [0.05, 0.1) is 6.20 Å². The van der Waals surface area contributed by atoms with Crippen LogP contribution in [-0.2, 0) is 15.8 Å². The normalized spacial score (nSPS) is 19.8. The van der Waals surface area contributed by atoms with Gasteiger partial charge in [0.15, 0.2) is 5.58 Å². The number of hydrogen-bond donors (Lipinski definition) is 1. The zero-order chi connectivity index (χ0) is 16.6. The first kappa shape index (κ1) is 15.3. The summed E-state index contributed by atoms with van der Waals surface area (Å²) in [6.45, 7) is 1.03. The number of nitrogens with zero attached hydrogens (tertiary/aromatic N) is 3. The molecule has 3 aromatic rings. The fourth-order valence-electron chi connectivity index (χ4n) is 3.26. The number of hydrogen-bond acceptors (Lipinski definition) is 5. The summed E-state index contributed by atoms with van der Waals surface area (Å²) in [6, 6.07) is 7.31. The Kier molecular flexibility index (Phi) is 3.85. The molecule has 0 amide bonds. The van der Waals surface area contributed by atoms with E-state index < -0.39 is 10.0 Å². The van der Waals surface area contributed by atoms with Crippen LogP contribution in [0.1, 0.15) is 30.0 Å². The predicted molar refractivity (Wildman–Crippen MR) is 88.8 cm³/mol. The highest BCUT2D eigenvalue weighted by molar-refractivity contribution is 7.88. The Morgan fingerprint density at radius 1 is 1.33 bits per heavy atom. The summed E-state index contributed by atoms with van der Waals surface area (Å²) in [5.41, 5.74) is 2.13. The van der Waals surface area contributed by atoms with Gasteiger partial charge < -0.3 is 4.52 Å². The molecule has 24 heavy (non-hydrogen) atoms. The van der Waals surface area contributed by atoms with E-state index in [-0.39, 0.29) is 11.7 Å². The lowest BCUT2D eigenvalue weighted by Crippen LogP contribution is -2.39. The number of rotatable bonds is 4. The summed E-state index contributed by atoms with van der Waals surface area (Å²) in [5.74, 6) is 0.0450. The van der Waals surface area contributed by atoms with Crippen molar-refractivity contribution in [2.45, 2.75) is 24.5 Å². The molecule has 0 radical (unpaired) electrons.